The van der Waals surface area contributed by atoms with Crippen LogP contribution in [0.5, 0.6) is 0 Å². The highest BCUT2D eigenvalue weighted by atomic mass is 19.1. The van der Waals surface area contributed by atoms with Crippen LogP contribution < -0.4 is 10.6 Å². The number of hydrogen-bond donors (Lipinski definition) is 2. The summed E-state index contributed by atoms with van der Waals surface area (Å²) >= 11 is 0. The number of benzene rings is 1. The third-order valence-corrected chi connectivity index (χ3v) is 2.49. The summed E-state index contributed by atoms with van der Waals surface area (Å²) in [6, 6.07) is 3.45. The van der Waals surface area contributed by atoms with Crippen LogP contribution in [0.1, 0.15) is 34.6 Å². The summed E-state index contributed by atoms with van der Waals surface area (Å²) in [7, 11) is 0. The molecule has 0 aliphatic heterocycles. The third-order valence-electron chi connectivity index (χ3n) is 2.49. The predicted octanol–water partition coefficient (Wildman–Crippen LogP) is 1.14. The van der Waals surface area contributed by atoms with Crippen LogP contribution in [0.2, 0.25) is 0 Å². The molecule has 0 aliphatic rings. The van der Waals surface area contributed by atoms with Gasteiger partial charge in [-0.3, -0.25) is 14.4 Å². The summed E-state index contributed by atoms with van der Waals surface area (Å²) in [4.78, 5) is 33.7. The Morgan fingerprint density at radius 1 is 1.30 bits per heavy atom. The van der Waals surface area contributed by atoms with Crippen LogP contribution in [0.4, 0.5) is 4.39 Å². The lowest BCUT2D eigenvalue weighted by Gasteiger charge is -2.09. The number of halogens is 1. The minimum absolute atomic E-state index is 0.195. The van der Waals surface area contributed by atoms with Gasteiger partial charge >= 0.3 is 0 Å². The molecule has 1 aromatic rings. The lowest BCUT2D eigenvalue weighted by atomic mass is 10.1. The standard InChI is InChI=1S/C14H17FN2O3/c1-9(2)6-16-13(19)7-17-14(20)11-5-10(8-18)3-4-12(11)15/h3-5,8-9H,6-7H2,1-2H3,(H,16,19)(H,17,20). The molecule has 0 saturated carbocycles. The molecule has 2 N–H and O–H groups in total. The minimum Gasteiger partial charge on any atom is -0.354 e. The molecule has 20 heavy (non-hydrogen) atoms. The van der Waals surface area contributed by atoms with Crippen LogP contribution in [0.25, 0.3) is 0 Å². The van der Waals surface area contributed by atoms with E-state index < -0.39 is 11.7 Å². The number of carbonyl (C=O) groups excluding carboxylic acids is 3. The quantitative estimate of drug-likeness (QED) is 0.767. The zero-order valence-electron chi connectivity index (χ0n) is 11.4. The lowest BCUT2D eigenvalue weighted by molar-refractivity contribution is -0.120. The molecular weight excluding hydrogens is 263 g/mol. The second-order valence-electron chi connectivity index (χ2n) is 4.74. The maximum absolute atomic E-state index is 13.5. The van der Waals surface area contributed by atoms with Gasteiger partial charge in [0.1, 0.15) is 12.1 Å². The van der Waals surface area contributed by atoms with Crippen molar-refractivity contribution >= 4 is 18.1 Å². The molecule has 5 nitrogen and oxygen atoms in total. The molecule has 0 radical (unpaired) electrons. The van der Waals surface area contributed by atoms with Gasteiger partial charge in [0.05, 0.1) is 12.1 Å². The zero-order valence-corrected chi connectivity index (χ0v) is 11.4. The van der Waals surface area contributed by atoms with Crippen molar-refractivity contribution in [2.75, 3.05) is 13.1 Å². The lowest BCUT2D eigenvalue weighted by Crippen LogP contribution is -2.38. The van der Waals surface area contributed by atoms with Crippen LogP contribution in [-0.2, 0) is 4.79 Å². The molecule has 0 unspecified atom stereocenters. The Hall–Kier alpha value is -2.24. The van der Waals surface area contributed by atoms with Crippen LogP contribution in [-0.4, -0.2) is 31.2 Å². The van der Waals surface area contributed by atoms with E-state index in [0.29, 0.717) is 18.7 Å². The summed E-state index contributed by atoms with van der Waals surface area (Å²) in [5.41, 5.74) is -0.0629. The molecule has 0 fully saturated rings. The van der Waals surface area contributed by atoms with Crippen LogP contribution in [0.15, 0.2) is 18.2 Å². The summed E-state index contributed by atoms with van der Waals surface area (Å²) < 4.78 is 13.5. The molecule has 0 heterocycles. The first-order valence-electron chi connectivity index (χ1n) is 6.23. The van der Waals surface area contributed by atoms with Gasteiger partial charge in [-0.05, 0) is 24.1 Å². The van der Waals surface area contributed by atoms with Gasteiger partial charge in [-0.2, -0.15) is 0 Å². The normalized spacial score (nSPS) is 10.2. The summed E-state index contributed by atoms with van der Waals surface area (Å²) in [5.74, 6) is -1.52. The summed E-state index contributed by atoms with van der Waals surface area (Å²) in [6.07, 6.45) is 0.519. The number of nitrogens with one attached hydrogen (secondary N) is 2. The highest BCUT2D eigenvalue weighted by Crippen LogP contribution is 2.09. The molecule has 108 valence electrons. The number of aldehydes is 1. The SMILES string of the molecule is CC(C)CNC(=O)CNC(=O)c1cc(C=O)ccc1F. The van der Waals surface area contributed by atoms with Crippen molar-refractivity contribution in [1.29, 1.82) is 0 Å². The van der Waals surface area contributed by atoms with Crippen LogP contribution in [0, 0.1) is 11.7 Å². The van der Waals surface area contributed by atoms with Gasteiger partial charge in [0.15, 0.2) is 0 Å². The summed E-state index contributed by atoms with van der Waals surface area (Å²) in [6.45, 7) is 4.15. The molecule has 0 aromatic heterocycles. The average molecular weight is 280 g/mol. The Bertz CT molecular complexity index is 515. The van der Waals surface area contributed by atoms with E-state index in [0.717, 1.165) is 12.1 Å². The van der Waals surface area contributed by atoms with Crippen LogP contribution >= 0.6 is 0 Å². The Balaban J connectivity index is 2.59. The molecule has 1 rings (SSSR count). The molecule has 0 saturated heterocycles. The van der Waals surface area contributed by atoms with Gasteiger partial charge in [0, 0.05) is 12.1 Å². The van der Waals surface area contributed by atoms with Crippen molar-refractivity contribution in [3.63, 3.8) is 0 Å². The first-order valence-corrected chi connectivity index (χ1v) is 6.23. The Labute approximate surface area is 116 Å². The minimum atomic E-state index is -0.740. The van der Waals surface area contributed by atoms with E-state index in [2.05, 4.69) is 10.6 Å². The van der Waals surface area contributed by atoms with Gasteiger partial charge in [-0.15, -0.1) is 0 Å². The highest BCUT2D eigenvalue weighted by Gasteiger charge is 2.13. The van der Waals surface area contributed by atoms with E-state index in [9.17, 15) is 18.8 Å². The van der Waals surface area contributed by atoms with Crippen molar-refractivity contribution in [2.45, 2.75) is 13.8 Å². The fourth-order valence-electron chi connectivity index (χ4n) is 1.43. The third kappa shape index (κ3) is 4.79. The van der Waals surface area contributed by atoms with Gasteiger partial charge in [0.2, 0.25) is 5.91 Å². The highest BCUT2D eigenvalue weighted by molar-refractivity contribution is 5.97. The van der Waals surface area contributed by atoms with E-state index in [1.54, 1.807) is 0 Å². The monoisotopic (exact) mass is 280 g/mol. The van der Waals surface area contributed by atoms with Crippen LogP contribution in [0.3, 0.4) is 0 Å². The van der Waals surface area contributed by atoms with Gasteiger partial charge in [-0.25, -0.2) is 4.39 Å². The number of rotatable bonds is 6. The van der Waals surface area contributed by atoms with E-state index in [-0.39, 0.29) is 23.6 Å². The van der Waals surface area contributed by atoms with Crippen molar-refractivity contribution < 1.29 is 18.8 Å². The van der Waals surface area contributed by atoms with Gasteiger partial charge < -0.3 is 10.6 Å². The fourth-order valence-corrected chi connectivity index (χ4v) is 1.43. The van der Waals surface area contributed by atoms with Crippen molar-refractivity contribution in [2.24, 2.45) is 5.92 Å². The Morgan fingerprint density at radius 2 is 2.00 bits per heavy atom. The molecule has 0 atom stereocenters. The first-order chi connectivity index (χ1) is 9.43. The fraction of sp³-hybridized carbons (Fsp3) is 0.357. The zero-order chi connectivity index (χ0) is 15.1. The van der Waals surface area contributed by atoms with Gasteiger partial charge in [-0.1, -0.05) is 13.8 Å². The van der Waals surface area contributed by atoms with E-state index in [1.165, 1.54) is 6.07 Å². The number of hydrogen-bond acceptors (Lipinski definition) is 3. The maximum Gasteiger partial charge on any atom is 0.254 e. The molecular formula is C14H17FN2O3. The second kappa shape index (κ2) is 7.37. The first kappa shape index (κ1) is 15.8. The van der Waals surface area contributed by atoms with E-state index >= 15 is 0 Å². The average Bonchev–Trinajstić information content (AvgIpc) is 2.43. The number of amides is 2. The topological polar surface area (TPSA) is 75.3 Å². The van der Waals surface area contributed by atoms with Crippen molar-refractivity contribution in [1.82, 2.24) is 10.6 Å². The van der Waals surface area contributed by atoms with E-state index in [1.807, 2.05) is 13.8 Å². The summed E-state index contributed by atoms with van der Waals surface area (Å²) in [5, 5.41) is 4.93. The maximum atomic E-state index is 13.5. The molecule has 0 aliphatic carbocycles. The molecule has 1 aromatic carbocycles. The predicted molar refractivity (Wildman–Crippen MR) is 72.0 cm³/mol. The molecule has 6 heteroatoms. The number of carbonyl (C=O) groups is 3. The Kier molecular flexibility index (Phi) is 5.83. The van der Waals surface area contributed by atoms with Crippen molar-refractivity contribution in [3.05, 3.63) is 35.1 Å². The largest absolute Gasteiger partial charge is 0.354 e. The van der Waals surface area contributed by atoms with Gasteiger partial charge in [0.25, 0.3) is 5.91 Å². The molecule has 0 spiro atoms. The Morgan fingerprint density at radius 3 is 2.60 bits per heavy atom. The molecule has 2 amide bonds. The van der Waals surface area contributed by atoms with Crippen molar-refractivity contribution in [3.8, 4) is 0 Å². The smallest absolute Gasteiger partial charge is 0.254 e. The van der Waals surface area contributed by atoms with E-state index in [4.69, 9.17) is 0 Å². The second-order valence-corrected chi connectivity index (χ2v) is 4.74. The molecule has 0 bridgehead atoms.